The van der Waals surface area contributed by atoms with E-state index in [4.69, 9.17) is 9.47 Å². The van der Waals surface area contributed by atoms with Crippen LogP contribution in [0.15, 0.2) is 0 Å². The Morgan fingerprint density at radius 2 is 1.67 bits per heavy atom. The molecule has 4 N–H and O–H groups in total. The average Bonchev–Trinajstić information content (AvgIpc) is 2.50. The van der Waals surface area contributed by atoms with Gasteiger partial charge >= 0.3 is 0 Å². The van der Waals surface area contributed by atoms with Crippen molar-refractivity contribution in [3.05, 3.63) is 0 Å². The number of hydrogen-bond donors (Lipinski definition) is 4. The fraction of sp³-hybridized carbons (Fsp3) is 1.00. The molecule has 5 aliphatic rings. The molecule has 0 aromatic carbocycles. The van der Waals surface area contributed by atoms with Crippen LogP contribution < -0.4 is 0 Å². The standard InChI is InChI=1S/C15H24O6/c1-10-8-20-15(19)7-13(6-9(21-15)12(10,3)17)11(2,16)4-5-14(10,13)18/h9,16-19H,4-8H2,1-3H3. The van der Waals surface area contributed by atoms with E-state index in [0.29, 0.717) is 19.3 Å². The van der Waals surface area contributed by atoms with Crippen molar-refractivity contribution in [2.24, 2.45) is 10.8 Å². The quantitative estimate of drug-likeness (QED) is 0.497. The number of ether oxygens (including phenoxy) is 2. The molecule has 7 atom stereocenters. The molecule has 3 aliphatic heterocycles. The molecule has 1 spiro atoms. The van der Waals surface area contributed by atoms with Gasteiger partial charge in [-0.15, -0.1) is 0 Å². The minimum absolute atomic E-state index is 0.0126. The van der Waals surface area contributed by atoms with Crippen molar-refractivity contribution in [2.45, 2.75) is 75.3 Å². The van der Waals surface area contributed by atoms with Crippen LogP contribution in [-0.2, 0) is 9.47 Å². The lowest BCUT2D eigenvalue weighted by Crippen LogP contribution is -2.78. The van der Waals surface area contributed by atoms with Crippen LogP contribution in [0.5, 0.6) is 0 Å². The predicted octanol–water partition coefficient (Wildman–Crippen LogP) is -0.125. The molecule has 7 unspecified atom stereocenters. The van der Waals surface area contributed by atoms with E-state index >= 15 is 0 Å². The lowest BCUT2D eigenvalue weighted by molar-refractivity contribution is -0.428. The van der Waals surface area contributed by atoms with Crippen molar-refractivity contribution in [2.75, 3.05) is 6.61 Å². The second kappa shape index (κ2) is 3.32. The van der Waals surface area contributed by atoms with Gasteiger partial charge in [0.1, 0.15) is 0 Å². The van der Waals surface area contributed by atoms with Gasteiger partial charge in [-0.1, -0.05) is 6.92 Å². The Balaban J connectivity index is 2.03. The summed E-state index contributed by atoms with van der Waals surface area (Å²) in [5, 5.41) is 44.2. The summed E-state index contributed by atoms with van der Waals surface area (Å²) in [5.41, 5.74) is -5.76. The monoisotopic (exact) mass is 300 g/mol. The van der Waals surface area contributed by atoms with Crippen LogP contribution in [0.25, 0.3) is 0 Å². The largest absolute Gasteiger partial charge is 0.389 e. The van der Waals surface area contributed by atoms with Crippen LogP contribution >= 0.6 is 0 Å². The summed E-state index contributed by atoms with van der Waals surface area (Å²) in [5.74, 6) is -1.86. The Morgan fingerprint density at radius 3 is 2.33 bits per heavy atom. The summed E-state index contributed by atoms with van der Waals surface area (Å²) in [4.78, 5) is 0. The first-order valence-corrected chi connectivity index (χ1v) is 7.65. The molecule has 4 bridgehead atoms. The predicted molar refractivity (Wildman–Crippen MR) is 71.0 cm³/mol. The highest BCUT2D eigenvalue weighted by molar-refractivity contribution is 5.30. The van der Waals surface area contributed by atoms with E-state index in [1.807, 2.05) is 0 Å². The average molecular weight is 300 g/mol. The SMILES string of the molecule is CC1(O)CCC2(O)C3(C)COC4(O)CC12CC(O4)C3(C)O. The Bertz CT molecular complexity index is 518. The molecule has 6 heteroatoms. The normalized spacial score (nSPS) is 69.0. The van der Waals surface area contributed by atoms with E-state index in [2.05, 4.69) is 0 Å². The topological polar surface area (TPSA) is 99.4 Å². The zero-order valence-corrected chi connectivity index (χ0v) is 12.7. The Hall–Kier alpha value is -0.240. The first-order chi connectivity index (χ1) is 9.43. The molecule has 0 aromatic rings. The zero-order chi connectivity index (χ0) is 15.5. The summed E-state index contributed by atoms with van der Waals surface area (Å²) >= 11 is 0. The lowest BCUT2D eigenvalue weighted by Gasteiger charge is -2.66. The molecule has 2 aliphatic carbocycles. The minimum atomic E-state index is -1.86. The Morgan fingerprint density at radius 1 is 1.00 bits per heavy atom. The molecule has 120 valence electrons. The number of hydrogen-bond acceptors (Lipinski definition) is 6. The summed E-state index contributed by atoms with van der Waals surface area (Å²) in [6.07, 6.45) is 0.446. The van der Waals surface area contributed by atoms with Crippen LogP contribution in [0.1, 0.15) is 46.5 Å². The maximum Gasteiger partial charge on any atom is 0.281 e. The van der Waals surface area contributed by atoms with E-state index in [0.717, 1.165) is 0 Å². The van der Waals surface area contributed by atoms with Gasteiger partial charge in [-0.2, -0.15) is 0 Å². The molecule has 2 saturated carbocycles. The summed E-state index contributed by atoms with van der Waals surface area (Å²) < 4.78 is 11.2. The van der Waals surface area contributed by atoms with Gasteiger partial charge in [0.05, 0.1) is 34.9 Å². The molecular formula is C15H24O6. The maximum atomic E-state index is 11.6. The molecule has 0 amide bonds. The van der Waals surface area contributed by atoms with Crippen molar-refractivity contribution in [3.63, 3.8) is 0 Å². The summed E-state index contributed by atoms with van der Waals surface area (Å²) in [6, 6.07) is 0. The molecular weight excluding hydrogens is 276 g/mol. The summed E-state index contributed by atoms with van der Waals surface area (Å²) in [7, 11) is 0. The smallest absolute Gasteiger partial charge is 0.281 e. The van der Waals surface area contributed by atoms with Crippen LogP contribution in [0.3, 0.4) is 0 Å². The van der Waals surface area contributed by atoms with E-state index < -0.39 is 39.7 Å². The third-order valence-corrected chi connectivity index (χ3v) is 7.42. The zero-order valence-electron chi connectivity index (χ0n) is 12.7. The molecule has 6 nitrogen and oxygen atoms in total. The molecule has 3 saturated heterocycles. The number of fused-ring (bicyclic) bond motifs is 1. The van der Waals surface area contributed by atoms with E-state index in [-0.39, 0.29) is 13.0 Å². The molecule has 5 rings (SSSR count). The lowest BCUT2D eigenvalue weighted by atomic mass is 9.44. The van der Waals surface area contributed by atoms with Crippen molar-refractivity contribution in [3.8, 4) is 0 Å². The van der Waals surface area contributed by atoms with Crippen LogP contribution in [0, 0.1) is 10.8 Å². The fourth-order valence-corrected chi connectivity index (χ4v) is 5.65. The van der Waals surface area contributed by atoms with Gasteiger partial charge in [-0.3, -0.25) is 0 Å². The van der Waals surface area contributed by atoms with Gasteiger partial charge in [0.25, 0.3) is 5.97 Å². The maximum absolute atomic E-state index is 11.6. The van der Waals surface area contributed by atoms with Crippen LogP contribution in [-0.4, -0.2) is 55.9 Å². The highest BCUT2D eigenvalue weighted by Crippen LogP contribution is 2.74. The molecule has 21 heavy (non-hydrogen) atoms. The van der Waals surface area contributed by atoms with Gasteiger partial charge in [0.2, 0.25) is 0 Å². The van der Waals surface area contributed by atoms with E-state index in [1.54, 1.807) is 20.8 Å². The van der Waals surface area contributed by atoms with E-state index in [1.165, 1.54) is 0 Å². The van der Waals surface area contributed by atoms with Gasteiger partial charge < -0.3 is 29.9 Å². The third kappa shape index (κ3) is 1.21. The van der Waals surface area contributed by atoms with Gasteiger partial charge in [0.15, 0.2) is 0 Å². The van der Waals surface area contributed by atoms with Crippen molar-refractivity contribution in [1.29, 1.82) is 0 Å². The van der Waals surface area contributed by atoms with Crippen LogP contribution in [0.4, 0.5) is 0 Å². The second-order valence-corrected chi connectivity index (χ2v) is 8.18. The van der Waals surface area contributed by atoms with Crippen molar-refractivity contribution >= 4 is 0 Å². The van der Waals surface area contributed by atoms with E-state index in [9.17, 15) is 20.4 Å². The summed E-state index contributed by atoms with van der Waals surface area (Å²) in [6.45, 7) is 5.10. The third-order valence-electron chi connectivity index (χ3n) is 7.42. The number of aliphatic hydroxyl groups is 4. The van der Waals surface area contributed by atoms with Gasteiger partial charge in [0, 0.05) is 11.8 Å². The van der Waals surface area contributed by atoms with Crippen LogP contribution in [0.2, 0.25) is 0 Å². The molecule has 0 aromatic heterocycles. The highest BCUT2D eigenvalue weighted by Gasteiger charge is 2.83. The molecule has 5 fully saturated rings. The fourth-order valence-electron chi connectivity index (χ4n) is 5.65. The van der Waals surface area contributed by atoms with Crippen molar-refractivity contribution in [1.82, 2.24) is 0 Å². The Labute approximate surface area is 123 Å². The van der Waals surface area contributed by atoms with Crippen molar-refractivity contribution < 1.29 is 29.9 Å². The van der Waals surface area contributed by atoms with Gasteiger partial charge in [-0.25, -0.2) is 0 Å². The minimum Gasteiger partial charge on any atom is -0.389 e. The highest BCUT2D eigenvalue weighted by atomic mass is 16.8. The second-order valence-electron chi connectivity index (χ2n) is 8.18. The first-order valence-electron chi connectivity index (χ1n) is 7.65. The molecule has 0 radical (unpaired) electrons. The molecule has 3 heterocycles. The first kappa shape index (κ1) is 14.4. The Kier molecular flexibility index (Phi) is 2.27. The number of rotatable bonds is 0. The van der Waals surface area contributed by atoms with Gasteiger partial charge in [-0.05, 0) is 33.1 Å².